The molecule has 0 bridgehead atoms. The SMILES string of the molecule is CCNC(=NCc1ccc(CS(C)(=O)=O)cc1)NC(C)CCCN(CC)CC. The second kappa shape index (κ2) is 12.8. The Hall–Kier alpha value is -1.60. The van der Waals surface area contributed by atoms with Gasteiger partial charge in [0.15, 0.2) is 15.8 Å². The maximum atomic E-state index is 11.4. The summed E-state index contributed by atoms with van der Waals surface area (Å²) in [5.41, 5.74) is 1.87. The molecule has 160 valence electrons. The molecule has 1 unspecified atom stereocenters. The lowest BCUT2D eigenvalue weighted by molar-refractivity contribution is 0.292. The molecule has 0 aliphatic rings. The van der Waals surface area contributed by atoms with E-state index in [1.807, 2.05) is 24.3 Å². The Morgan fingerprint density at radius 1 is 1.11 bits per heavy atom. The molecule has 0 heterocycles. The standard InChI is InChI=1S/C21H38N4O2S/c1-6-22-21(24-18(4)10-9-15-25(7-2)8-3)23-16-19-11-13-20(14-12-19)17-28(5,26)27/h11-14,18H,6-10,15-17H2,1-5H3,(H2,22,23,24). The lowest BCUT2D eigenvalue weighted by atomic mass is 10.1. The van der Waals surface area contributed by atoms with Gasteiger partial charge in [-0.3, -0.25) is 0 Å². The smallest absolute Gasteiger partial charge is 0.191 e. The minimum atomic E-state index is -3.00. The largest absolute Gasteiger partial charge is 0.357 e. The Balaban J connectivity index is 2.56. The van der Waals surface area contributed by atoms with E-state index in [2.05, 4.69) is 48.2 Å². The predicted octanol–water partition coefficient (Wildman–Crippen LogP) is 2.80. The Kier molecular flexibility index (Phi) is 11.2. The maximum Gasteiger partial charge on any atom is 0.191 e. The molecule has 6 nitrogen and oxygen atoms in total. The Labute approximate surface area is 171 Å². The second-order valence-electron chi connectivity index (χ2n) is 7.30. The summed E-state index contributed by atoms with van der Waals surface area (Å²) < 4.78 is 22.8. The number of benzene rings is 1. The molecule has 0 radical (unpaired) electrons. The summed E-state index contributed by atoms with van der Waals surface area (Å²) in [7, 11) is -3.00. The first-order valence-electron chi connectivity index (χ1n) is 10.3. The van der Waals surface area contributed by atoms with E-state index in [9.17, 15) is 8.42 Å². The van der Waals surface area contributed by atoms with E-state index in [1.165, 1.54) is 6.26 Å². The van der Waals surface area contributed by atoms with Crippen molar-refractivity contribution in [3.05, 3.63) is 35.4 Å². The van der Waals surface area contributed by atoms with E-state index >= 15 is 0 Å². The molecule has 2 N–H and O–H groups in total. The molecule has 7 heteroatoms. The normalized spacial score (nSPS) is 13.6. The summed E-state index contributed by atoms with van der Waals surface area (Å²) in [5, 5.41) is 6.78. The van der Waals surface area contributed by atoms with E-state index in [0.29, 0.717) is 12.6 Å². The topological polar surface area (TPSA) is 73.8 Å². The van der Waals surface area contributed by atoms with Gasteiger partial charge < -0.3 is 15.5 Å². The number of nitrogens with zero attached hydrogens (tertiary/aromatic N) is 2. The number of nitrogens with one attached hydrogen (secondary N) is 2. The first-order chi connectivity index (χ1) is 13.3. The summed E-state index contributed by atoms with van der Waals surface area (Å²) in [5.74, 6) is 0.893. The zero-order chi connectivity index (χ0) is 21.0. The molecule has 0 spiro atoms. The van der Waals surface area contributed by atoms with Crippen LogP contribution in [-0.4, -0.2) is 57.8 Å². The Morgan fingerprint density at radius 2 is 1.71 bits per heavy atom. The molecule has 0 amide bonds. The lowest BCUT2D eigenvalue weighted by Gasteiger charge is -2.21. The fraction of sp³-hybridized carbons (Fsp3) is 0.667. The highest BCUT2D eigenvalue weighted by Gasteiger charge is 2.07. The Morgan fingerprint density at radius 3 is 2.25 bits per heavy atom. The maximum absolute atomic E-state index is 11.4. The van der Waals surface area contributed by atoms with Gasteiger partial charge >= 0.3 is 0 Å². The van der Waals surface area contributed by atoms with Crippen molar-refractivity contribution in [2.75, 3.05) is 32.4 Å². The summed E-state index contributed by atoms with van der Waals surface area (Å²) in [6.07, 6.45) is 3.51. The van der Waals surface area contributed by atoms with Gasteiger partial charge in [-0.2, -0.15) is 0 Å². The highest BCUT2D eigenvalue weighted by molar-refractivity contribution is 7.89. The summed E-state index contributed by atoms with van der Waals surface area (Å²) in [6.45, 7) is 13.4. The summed E-state index contributed by atoms with van der Waals surface area (Å²) in [4.78, 5) is 7.11. The zero-order valence-electron chi connectivity index (χ0n) is 18.2. The number of hydrogen-bond donors (Lipinski definition) is 2. The van der Waals surface area contributed by atoms with Gasteiger partial charge in [-0.15, -0.1) is 0 Å². The van der Waals surface area contributed by atoms with Gasteiger partial charge in [0.2, 0.25) is 0 Å². The molecule has 28 heavy (non-hydrogen) atoms. The molecular formula is C21H38N4O2S. The van der Waals surface area contributed by atoms with Gasteiger partial charge in [0.05, 0.1) is 12.3 Å². The van der Waals surface area contributed by atoms with Gasteiger partial charge in [0.1, 0.15) is 0 Å². The second-order valence-corrected chi connectivity index (χ2v) is 9.44. The van der Waals surface area contributed by atoms with Crippen molar-refractivity contribution in [2.24, 2.45) is 4.99 Å². The molecule has 0 fully saturated rings. The molecule has 0 aromatic heterocycles. The third kappa shape index (κ3) is 10.7. The minimum absolute atomic E-state index is 0.0751. The fourth-order valence-electron chi connectivity index (χ4n) is 3.00. The third-order valence-corrected chi connectivity index (χ3v) is 5.46. The van der Waals surface area contributed by atoms with Crippen LogP contribution in [0.3, 0.4) is 0 Å². The van der Waals surface area contributed by atoms with E-state index in [-0.39, 0.29) is 5.75 Å². The van der Waals surface area contributed by atoms with Gasteiger partial charge in [-0.05, 0) is 57.5 Å². The van der Waals surface area contributed by atoms with Crippen LogP contribution in [0.15, 0.2) is 29.3 Å². The molecule has 1 atom stereocenters. The molecule has 0 saturated carbocycles. The average Bonchev–Trinajstić information content (AvgIpc) is 2.63. The van der Waals surface area contributed by atoms with Gasteiger partial charge in [-0.25, -0.2) is 13.4 Å². The minimum Gasteiger partial charge on any atom is -0.357 e. The van der Waals surface area contributed by atoms with Crippen LogP contribution in [-0.2, 0) is 22.1 Å². The van der Waals surface area contributed by atoms with Crippen LogP contribution in [0.4, 0.5) is 0 Å². The average molecular weight is 411 g/mol. The van der Waals surface area contributed by atoms with Crippen LogP contribution in [0.1, 0.15) is 51.7 Å². The Bertz CT molecular complexity index is 683. The number of hydrogen-bond acceptors (Lipinski definition) is 4. The van der Waals surface area contributed by atoms with Crippen molar-refractivity contribution in [1.82, 2.24) is 15.5 Å². The van der Waals surface area contributed by atoms with E-state index in [1.54, 1.807) is 0 Å². The molecule has 1 aromatic rings. The number of sulfone groups is 1. The van der Waals surface area contributed by atoms with Crippen molar-refractivity contribution in [3.8, 4) is 0 Å². The molecule has 1 aromatic carbocycles. The van der Waals surface area contributed by atoms with Crippen LogP contribution in [0, 0.1) is 0 Å². The molecule has 0 aliphatic carbocycles. The predicted molar refractivity (Wildman–Crippen MR) is 119 cm³/mol. The molecule has 1 rings (SSSR count). The van der Waals surface area contributed by atoms with Crippen molar-refractivity contribution in [1.29, 1.82) is 0 Å². The van der Waals surface area contributed by atoms with Gasteiger partial charge in [0.25, 0.3) is 0 Å². The first kappa shape index (κ1) is 24.4. The monoisotopic (exact) mass is 410 g/mol. The zero-order valence-corrected chi connectivity index (χ0v) is 19.0. The fourth-order valence-corrected chi connectivity index (χ4v) is 3.80. The van der Waals surface area contributed by atoms with Crippen molar-refractivity contribution < 1.29 is 8.42 Å². The first-order valence-corrected chi connectivity index (χ1v) is 12.4. The summed E-state index contributed by atoms with van der Waals surface area (Å²) in [6, 6.07) is 7.97. The quantitative estimate of drug-likeness (QED) is 0.409. The lowest BCUT2D eigenvalue weighted by Crippen LogP contribution is -2.42. The highest BCUT2D eigenvalue weighted by Crippen LogP contribution is 2.09. The van der Waals surface area contributed by atoms with Crippen LogP contribution in [0.2, 0.25) is 0 Å². The number of rotatable bonds is 12. The van der Waals surface area contributed by atoms with Gasteiger partial charge in [-0.1, -0.05) is 38.1 Å². The van der Waals surface area contributed by atoms with E-state index in [4.69, 9.17) is 0 Å². The van der Waals surface area contributed by atoms with Crippen LogP contribution in [0.25, 0.3) is 0 Å². The van der Waals surface area contributed by atoms with Crippen LogP contribution in [0.5, 0.6) is 0 Å². The third-order valence-electron chi connectivity index (χ3n) is 4.60. The van der Waals surface area contributed by atoms with E-state index < -0.39 is 9.84 Å². The van der Waals surface area contributed by atoms with Crippen LogP contribution < -0.4 is 10.6 Å². The molecule has 0 aliphatic heterocycles. The van der Waals surface area contributed by atoms with Crippen molar-refractivity contribution in [3.63, 3.8) is 0 Å². The van der Waals surface area contributed by atoms with Crippen LogP contribution >= 0.6 is 0 Å². The van der Waals surface area contributed by atoms with Crippen molar-refractivity contribution >= 4 is 15.8 Å². The number of aliphatic imine (C=N–C) groups is 1. The van der Waals surface area contributed by atoms with E-state index in [0.717, 1.165) is 56.1 Å². The molecular weight excluding hydrogens is 372 g/mol. The highest BCUT2D eigenvalue weighted by atomic mass is 32.2. The van der Waals surface area contributed by atoms with Crippen molar-refractivity contribution in [2.45, 2.75) is 58.9 Å². The summed E-state index contributed by atoms with van der Waals surface area (Å²) >= 11 is 0. The van der Waals surface area contributed by atoms with Gasteiger partial charge in [0, 0.05) is 18.8 Å². The number of guanidine groups is 1. The molecule has 0 saturated heterocycles.